The van der Waals surface area contributed by atoms with Crippen molar-refractivity contribution >= 4 is 46.1 Å². The van der Waals surface area contributed by atoms with Gasteiger partial charge in [-0.25, -0.2) is 14.8 Å². The largest absolute Gasteiger partial charge is 0.333 e. The van der Waals surface area contributed by atoms with Gasteiger partial charge >= 0.3 is 6.03 Å². The Labute approximate surface area is 166 Å². The van der Waals surface area contributed by atoms with E-state index >= 15 is 0 Å². The van der Waals surface area contributed by atoms with Crippen LogP contribution >= 0.6 is 23.1 Å². The van der Waals surface area contributed by atoms with Crippen LogP contribution in [0.1, 0.15) is 24.4 Å². The molecule has 3 rings (SSSR count). The Balaban J connectivity index is 0.00000126. The number of urea groups is 1. The van der Waals surface area contributed by atoms with Crippen LogP contribution in [0.3, 0.4) is 0 Å². The van der Waals surface area contributed by atoms with Crippen LogP contribution in [-0.4, -0.2) is 27.7 Å². The van der Waals surface area contributed by atoms with Crippen molar-refractivity contribution in [1.29, 1.82) is 0 Å². The van der Waals surface area contributed by atoms with Gasteiger partial charge in [0.25, 0.3) is 0 Å². The average molecular weight is 403 g/mol. The first-order valence-electron chi connectivity index (χ1n) is 8.58. The Bertz CT molecular complexity index is 898. The summed E-state index contributed by atoms with van der Waals surface area (Å²) >= 11 is 2.81. The van der Waals surface area contributed by atoms with Crippen LogP contribution in [0.5, 0.6) is 0 Å². The van der Waals surface area contributed by atoms with E-state index in [1.807, 2.05) is 62.5 Å². The molecular formula is C19H22N4O2S2. The van der Waals surface area contributed by atoms with E-state index in [9.17, 15) is 9.59 Å². The van der Waals surface area contributed by atoms with E-state index in [0.29, 0.717) is 11.6 Å². The van der Waals surface area contributed by atoms with E-state index in [-0.39, 0.29) is 11.7 Å². The second-order valence-corrected chi connectivity index (χ2v) is 7.20. The predicted molar refractivity (Wildman–Crippen MR) is 111 cm³/mol. The topological polar surface area (TPSA) is 84.0 Å². The predicted octanol–water partition coefficient (Wildman–Crippen LogP) is 4.14. The van der Waals surface area contributed by atoms with Gasteiger partial charge in [-0.2, -0.15) is 0 Å². The van der Waals surface area contributed by atoms with Gasteiger partial charge < -0.3 is 5.32 Å². The zero-order chi connectivity index (χ0) is 19.6. The number of thiophene rings is 1. The molecule has 3 aromatic rings. The molecule has 0 unspecified atom stereocenters. The highest BCUT2D eigenvalue weighted by atomic mass is 32.2. The van der Waals surface area contributed by atoms with Crippen molar-refractivity contribution in [3.8, 4) is 0 Å². The molecule has 8 heteroatoms. The van der Waals surface area contributed by atoms with Gasteiger partial charge in [0.05, 0.1) is 29.0 Å². The summed E-state index contributed by atoms with van der Waals surface area (Å²) in [6.45, 7) is 6.26. The van der Waals surface area contributed by atoms with E-state index in [4.69, 9.17) is 0 Å². The standard InChI is InChI=1S/C17H16N4O2S2.C2H6/c1-11-16(20-14-7-3-2-6-13(14)19-11)25-10-15(22)21-17(23)18-9-12-5-4-8-24-12;1-2/h2-8H,9-10H2,1H3,(H2,18,21,22,23);1-2H3. The average Bonchev–Trinajstić information content (AvgIpc) is 3.20. The van der Waals surface area contributed by atoms with E-state index < -0.39 is 6.03 Å². The maximum Gasteiger partial charge on any atom is 0.321 e. The minimum Gasteiger partial charge on any atom is -0.333 e. The summed E-state index contributed by atoms with van der Waals surface area (Å²) in [5, 5.41) is 7.59. The number of nitrogens with zero attached hydrogens (tertiary/aromatic N) is 2. The van der Waals surface area contributed by atoms with Crippen LogP contribution in [0.2, 0.25) is 0 Å². The van der Waals surface area contributed by atoms with Crippen molar-refractivity contribution < 1.29 is 9.59 Å². The van der Waals surface area contributed by atoms with Crippen molar-refractivity contribution in [3.63, 3.8) is 0 Å². The highest BCUT2D eigenvalue weighted by Crippen LogP contribution is 2.21. The van der Waals surface area contributed by atoms with Crippen LogP contribution in [0.25, 0.3) is 11.0 Å². The SMILES string of the molecule is CC.Cc1nc2ccccc2nc1SCC(=O)NC(=O)NCc1cccs1. The van der Waals surface area contributed by atoms with Crippen LogP contribution < -0.4 is 10.6 Å². The fraction of sp³-hybridized carbons (Fsp3) is 0.263. The van der Waals surface area contributed by atoms with Gasteiger partial charge in [-0.15, -0.1) is 11.3 Å². The van der Waals surface area contributed by atoms with Crippen LogP contribution in [0, 0.1) is 6.92 Å². The maximum atomic E-state index is 11.9. The van der Waals surface area contributed by atoms with Crippen molar-refractivity contribution in [2.45, 2.75) is 32.3 Å². The molecule has 6 nitrogen and oxygen atoms in total. The molecule has 1 aromatic carbocycles. The number of imide groups is 1. The zero-order valence-corrected chi connectivity index (χ0v) is 17.1. The summed E-state index contributed by atoms with van der Waals surface area (Å²) in [5.41, 5.74) is 2.37. The quantitative estimate of drug-likeness (QED) is 0.627. The molecule has 0 aliphatic carbocycles. The summed E-state index contributed by atoms with van der Waals surface area (Å²) in [7, 11) is 0. The highest BCUT2D eigenvalue weighted by molar-refractivity contribution is 7.99. The molecule has 0 bridgehead atoms. The zero-order valence-electron chi connectivity index (χ0n) is 15.5. The Morgan fingerprint density at radius 2 is 1.78 bits per heavy atom. The molecular weight excluding hydrogens is 380 g/mol. The third-order valence-corrected chi connectivity index (χ3v) is 5.24. The molecule has 2 heterocycles. The molecule has 0 saturated heterocycles. The number of thioether (sulfide) groups is 1. The summed E-state index contributed by atoms with van der Waals surface area (Å²) in [4.78, 5) is 33.7. The number of amides is 3. The van der Waals surface area contributed by atoms with Crippen LogP contribution in [0.4, 0.5) is 4.79 Å². The smallest absolute Gasteiger partial charge is 0.321 e. The van der Waals surface area contributed by atoms with Gasteiger partial charge in [-0.05, 0) is 30.5 Å². The number of carbonyl (C=O) groups excluding carboxylic acids is 2. The molecule has 2 N–H and O–H groups in total. The van der Waals surface area contributed by atoms with Crippen molar-refractivity contribution in [1.82, 2.24) is 20.6 Å². The Hall–Kier alpha value is -2.45. The van der Waals surface area contributed by atoms with Crippen molar-refractivity contribution in [3.05, 3.63) is 52.3 Å². The number of nitrogens with one attached hydrogen (secondary N) is 2. The Morgan fingerprint density at radius 3 is 2.44 bits per heavy atom. The summed E-state index contributed by atoms with van der Waals surface area (Å²) in [5.74, 6) is -0.275. The minimum absolute atomic E-state index is 0.0975. The lowest BCUT2D eigenvalue weighted by molar-refractivity contribution is -0.117. The molecule has 0 radical (unpaired) electrons. The molecule has 142 valence electrons. The number of benzene rings is 1. The minimum atomic E-state index is -0.500. The fourth-order valence-electron chi connectivity index (χ4n) is 2.13. The number of carbonyl (C=O) groups is 2. The fourth-order valence-corrected chi connectivity index (χ4v) is 3.53. The molecule has 0 fully saturated rings. The number of hydrogen-bond acceptors (Lipinski definition) is 6. The Morgan fingerprint density at radius 1 is 1.07 bits per heavy atom. The van der Waals surface area contributed by atoms with Crippen molar-refractivity contribution in [2.24, 2.45) is 0 Å². The number of aromatic nitrogens is 2. The van der Waals surface area contributed by atoms with Crippen molar-refractivity contribution in [2.75, 3.05) is 5.75 Å². The first-order valence-corrected chi connectivity index (χ1v) is 10.4. The van der Waals surface area contributed by atoms with Gasteiger partial charge in [0, 0.05) is 4.88 Å². The third-order valence-electron chi connectivity index (χ3n) is 3.30. The van der Waals surface area contributed by atoms with E-state index in [1.54, 1.807) is 11.3 Å². The number of aryl methyl sites for hydroxylation is 1. The lowest BCUT2D eigenvalue weighted by atomic mass is 10.3. The number of rotatable bonds is 5. The number of para-hydroxylation sites is 2. The lowest BCUT2D eigenvalue weighted by Gasteiger charge is -2.07. The first-order chi connectivity index (χ1) is 13.1. The molecule has 0 spiro atoms. The van der Waals surface area contributed by atoms with E-state index in [2.05, 4.69) is 20.6 Å². The summed E-state index contributed by atoms with van der Waals surface area (Å²) < 4.78 is 0. The number of fused-ring (bicyclic) bond motifs is 1. The van der Waals surface area contributed by atoms with Gasteiger partial charge in [0.15, 0.2) is 0 Å². The summed E-state index contributed by atoms with van der Waals surface area (Å²) in [6, 6.07) is 10.9. The summed E-state index contributed by atoms with van der Waals surface area (Å²) in [6.07, 6.45) is 0. The lowest BCUT2D eigenvalue weighted by Crippen LogP contribution is -2.39. The maximum absolute atomic E-state index is 11.9. The highest BCUT2D eigenvalue weighted by Gasteiger charge is 2.11. The molecule has 0 aliphatic heterocycles. The molecule has 27 heavy (non-hydrogen) atoms. The molecule has 0 saturated carbocycles. The third kappa shape index (κ3) is 6.33. The van der Waals surface area contributed by atoms with Gasteiger partial charge in [0.1, 0.15) is 5.03 Å². The molecule has 0 aliphatic rings. The Kier molecular flexibility index (Phi) is 8.22. The van der Waals surface area contributed by atoms with Crippen LogP contribution in [0.15, 0.2) is 46.8 Å². The number of hydrogen-bond donors (Lipinski definition) is 2. The van der Waals surface area contributed by atoms with Crippen LogP contribution in [-0.2, 0) is 11.3 Å². The molecule has 0 atom stereocenters. The van der Waals surface area contributed by atoms with Gasteiger partial charge in [-0.3, -0.25) is 10.1 Å². The normalized spacial score (nSPS) is 10.0. The molecule has 2 aromatic heterocycles. The first kappa shape index (κ1) is 20.9. The monoisotopic (exact) mass is 402 g/mol. The van der Waals surface area contributed by atoms with E-state index in [0.717, 1.165) is 21.6 Å². The second-order valence-electron chi connectivity index (χ2n) is 5.20. The van der Waals surface area contributed by atoms with Gasteiger partial charge in [-0.1, -0.05) is 43.8 Å². The second kappa shape index (κ2) is 10.6. The van der Waals surface area contributed by atoms with Gasteiger partial charge in [0.2, 0.25) is 5.91 Å². The molecule has 3 amide bonds. The van der Waals surface area contributed by atoms with E-state index in [1.165, 1.54) is 11.8 Å².